The number of hydrogen-bond acceptors (Lipinski definition) is 6. The highest BCUT2D eigenvalue weighted by Gasteiger charge is 2.11. The summed E-state index contributed by atoms with van der Waals surface area (Å²) in [6.45, 7) is 0. The van der Waals surface area contributed by atoms with Gasteiger partial charge in [-0.3, -0.25) is 4.98 Å². The number of aromatic carboxylic acids is 1. The maximum atomic E-state index is 13.6. The van der Waals surface area contributed by atoms with Crippen LogP contribution in [0.3, 0.4) is 0 Å². The third-order valence-corrected chi connectivity index (χ3v) is 2.58. The first-order valence-corrected chi connectivity index (χ1v) is 5.47. The summed E-state index contributed by atoms with van der Waals surface area (Å²) >= 11 is 0. The second-order valence-electron chi connectivity index (χ2n) is 3.87. The molecule has 0 bridgehead atoms. The molecule has 0 radical (unpaired) electrons. The number of carboxylic acids is 1. The van der Waals surface area contributed by atoms with Gasteiger partial charge in [0, 0.05) is 5.69 Å². The van der Waals surface area contributed by atoms with Crippen molar-refractivity contribution < 1.29 is 14.3 Å². The molecule has 0 amide bonds. The van der Waals surface area contributed by atoms with Gasteiger partial charge < -0.3 is 10.4 Å². The van der Waals surface area contributed by atoms with Gasteiger partial charge in [-0.2, -0.15) is 4.52 Å². The first-order chi connectivity index (χ1) is 9.65. The van der Waals surface area contributed by atoms with E-state index in [-0.39, 0.29) is 0 Å². The fraction of sp³-hybridized carbons (Fsp3) is 0. The molecule has 0 spiro atoms. The fourth-order valence-corrected chi connectivity index (χ4v) is 1.67. The van der Waals surface area contributed by atoms with Crippen LogP contribution in [0.4, 0.5) is 15.9 Å². The van der Waals surface area contributed by atoms with Gasteiger partial charge in [-0.15, -0.1) is 5.10 Å². The van der Waals surface area contributed by atoms with Crippen LogP contribution in [0.15, 0.2) is 30.6 Å². The van der Waals surface area contributed by atoms with E-state index < -0.39 is 17.3 Å². The second kappa shape index (κ2) is 4.53. The average Bonchev–Trinajstić information content (AvgIpc) is 2.87. The van der Waals surface area contributed by atoms with E-state index in [0.717, 1.165) is 6.07 Å². The van der Waals surface area contributed by atoms with Crippen LogP contribution < -0.4 is 5.32 Å². The lowest BCUT2D eigenvalue weighted by Gasteiger charge is -2.07. The molecule has 0 fully saturated rings. The summed E-state index contributed by atoms with van der Waals surface area (Å²) in [5, 5.41) is 22.6. The zero-order valence-electron chi connectivity index (χ0n) is 9.86. The number of hydrogen-bond donors (Lipinski definition) is 2. The van der Waals surface area contributed by atoms with E-state index >= 15 is 0 Å². The van der Waals surface area contributed by atoms with Crippen molar-refractivity contribution in [2.24, 2.45) is 0 Å². The van der Waals surface area contributed by atoms with E-state index in [1.54, 1.807) is 0 Å². The predicted octanol–water partition coefficient (Wildman–Crippen LogP) is 1.10. The SMILES string of the molecule is O=C(O)c1ccc(Nc2cncc3nnnn23)cc1F. The summed E-state index contributed by atoms with van der Waals surface area (Å²) in [5.74, 6) is -1.73. The van der Waals surface area contributed by atoms with Crippen molar-refractivity contribution in [3.05, 3.63) is 42.0 Å². The predicted molar refractivity (Wildman–Crippen MR) is 65.2 cm³/mol. The fourth-order valence-electron chi connectivity index (χ4n) is 1.67. The highest BCUT2D eigenvalue weighted by molar-refractivity contribution is 5.88. The summed E-state index contributed by atoms with van der Waals surface area (Å²) < 4.78 is 15.0. The molecule has 20 heavy (non-hydrogen) atoms. The molecule has 1 aromatic carbocycles. The largest absolute Gasteiger partial charge is 0.478 e. The van der Waals surface area contributed by atoms with Crippen molar-refractivity contribution in [2.75, 3.05) is 5.32 Å². The maximum absolute atomic E-state index is 13.6. The smallest absolute Gasteiger partial charge is 0.338 e. The molecule has 0 unspecified atom stereocenters. The molecule has 0 aliphatic carbocycles. The Bertz CT molecular complexity index is 802. The van der Waals surface area contributed by atoms with Crippen molar-refractivity contribution in [3.8, 4) is 0 Å². The molecule has 0 saturated heterocycles. The number of carbonyl (C=O) groups is 1. The number of carboxylic acid groups (broad SMARTS) is 1. The minimum Gasteiger partial charge on any atom is -0.478 e. The Morgan fingerprint density at radius 3 is 2.95 bits per heavy atom. The molecule has 3 aromatic rings. The number of nitrogens with zero attached hydrogens (tertiary/aromatic N) is 5. The van der Waals surface area contributed by atoms with Crippen LogP contribution >= 0.6 is 0 Å². The molecule has 0 aliphatic heterocycles. The number of nitrogens with one attached hydrogen (secondary N) is 1. The molecule has 3 rings (SSSR count). The molecular formula is C11H7FN6O2. The lowest BCUT2D eigenvalue weighted by atomic mass is 10.2. The molecule has 8 nitrogen and oxygen atoms in total. The van der Waals surface area contributed by atoms with E-state index in [4.69, 9.17) is 5.11 Å². The molecule has 2 aromatic heterocycles. The standard InChI is InChI=1S/C11H7FN6O2/c12-8-3-6(1-2-7(8)11(19)20)14-9-4-13-5-10-15-16-17-18(9)10/h1-5,14H,(H,19,20). The summed E-state index contributed by atoms with van der Waals surface area (Å²) in [7, 11) is 0. The molecule has 0 aliphatic rings. The van der Waals surface area contributed by atoms with Gasteiger partial charge in [0.1, 0.15) is 5.82 Å². The van der Waals surface area contributed by atoms with Gasteiger partial charge >= 0.3 is 5.97 Å². The lowest BCUT2D eigenvalue weighted by Crippen LogP contribution is -2.04. The van der Waals surface area contributed by atoms with E-state index in [0.29, 0.717) is 17.2 Å². The van der Waals surface area contributed by atoms with E-state index in [1.807, 2.05) is 0 Å². The Morgan fingerprint density at radius 2 is 2.20 bits per heavy atom. The molecular weight excluding hydrogens is 267 g/mol. The molecule has 2 heterocycles. The average molecular weight is 274 g/mol. The Labute approximate surface area is 110 Å². The summed E-state index contributed by atoms with van der Waals surface area (Å²) in [4.78, 5) is 14.7. The number of aromatic nitrogens is 5. The molecule has 0 atom stereocenters. The van der Waals surface area contributed by atoms with Crippen molar-refractivity contribution in [2.45, 2.75) is 0 Å². The van der Waals surface area contributed by atoms with Crippen molar-refractivity contribution >= 4 is 23.1 Å². The van der Waals surface area contributed by atoms with Crippen LogP contribution in [0.25, 0.3) is 5.65 Å². The number of halogens is 1. The molecule has 100 valence electrons. The summed E-state index contributed by atoms with van der Waals surface area (Å²) in [6, 6.07) is 3.69. The van der Waals surface area contributed by atoms with E-state index in [9.17, 15) is 9.18 Å². The highest BCUT2D eigenvalue weighted by atomic mass is 19.1. The molecule has 9 heteroatoms. The van der Waals surface area contributed by atoms with Gasteiger partial charge in [0.15, 0.2) is 11.5 Å². The molecule has 2 N–H and O–H groups in total. The number of fused-ring (bicyclic) bond motifs is 1. The van der Waals surface area contributed by atoms with Crippen LogP contribution in [0.1, 0.15) is 10.4 Å². The maximum Gasteiger partial charge on any atom is 0.338 e. The Morgan fingerprint density at radius 1 is 1.35 bits per heavy atom. The zero-order chi connectivity index (χ0) is 14.1. The first-order valence-electron chi connectivity index (χ1n) is 5.47. The Balaban J connectivity index is 1.97. The highest BCUT2D eigenvalue weighted by Crippen LogP contribution is 2.19. The van der Waals surface area contributed by atoms with Gasteiger partial charge in [0.25, 0.3) is 0 Å². The van der Waals surface area contributed by atoms with Gasteiger partial charge in [0.2, 0.25) is 0 Å². The van der Waals surface area contributed by atoms with Crippen LogP contribution in [0.5, 0.6) is 0 Å². The first kappa shape index (κ1) is 12.0. The quantitative estimate of drug-likeness (QED) is 0.736. The number of anilines is 2. The van der Waals surface area contributed by atoms with Gasteiger partial charge in [0.05, 0.1) is 18.0 Å². The number of benzene rings is 1. The van der Waals surface area contributed by atoms with Gasteiger partial charge in [-0.1, -0.05) is 0 Å². The monoisotopic (exact) mass is 274 g/mol. The van der Waals surface area contributed by atoms with Crippen LogP contribution in [-0.4, -0.2) is 36.1 Å². The summed E-state index contributed by atoms with van der Waals surface area (Å²) in [6.07, 6.45) is 2.94. The minimum atomic E-state index is -1.32. The second-order valence-corrected chi connectivity index (χ2v) is 3.87. The van der Waals surface area contributed by atoms with Gasteiger partial charge in [-0.25, -0.2) is 9.18 Å². The third kappa shape index (κ3) is 2.00. The number of rotatable bonds is 3. The summed E-state index contributed by atoms with van der Waals surface area (Å²) in [5.41, 5.74) is 0.393. The van der Waals surface area contributed by atoms with Crippen molar-refractivity contribution in [1.82, 2.24) is 25.0 Å². The van der Waals surface area contributed by atoms with E-state index in [2.05, 4.69) is 25.8 Å². The Kier molecular flexibility index (Phi) is 2.71. The molecule has 0 saturated carbocycles. The third-order valence-electron chi connectivity index (χ3n) is 2.58. The van der Waals surface area contributed by atoms with Crippen LogP contribution in [-0.2, 0) is 0 Å². The number of tetrazole rings is 1. The van der Waals surface area contributed by atoms with Crippen LogP contribution in [0, 0.1) is 5.82 Å². The van der Waals surface area contributed by atoms with E-state index in [1.165, 1.54) is 29.0 Å². The van der Waals surface area contributed by atoms with Crippen LogP contribution in [0.2, 0.25) is 0 Å². The van der Waals surface area contributed by atoms with Crippen molar-refractivity contribution in [1.29, 1.82) is 0 Å². The zero-order valence-corrected chi connectivity index (χ0v) is 9.86. The topological polar surface area (TPSA) is 105 Å². The Hall–Kier alpha value is -3.10. The normalized spacial score (nSPS) is 10.7. The van der Waals surface area contributed by atoms with Crippen molar-refractivity contribution in [3.63, 3.8) is 0 Å². The van der Waals surface area contributed by atoms with Gasteiger partial charge in [-0.05, 0) is 28.6 Å². The minimum absolute atomic E-state index is 0.359. The lowest BCUT2D eigenvalue weighted by molar-refractivity contribution is 0.0692.